The van der Waals surface area contributed by atoms with Crippen molar-refractivity contribution in [3.8, 4) is 0 Å². The molecule has 0 radical (unpaired) electrons. The molecule has 1 aromatic rings. The van der Waals surface area contributed by atoms with Crippen molar-refractivity contribution in [2.75, 3.05) is 6.61 Å². The van der Waals surface area contributed by atoms with Gasteiger partial charge in [-0.05, 0) is 87.2 Å². The molecule has 0 bridgehead atoms. The van der Waals surface area contributed by atoms with Crippen molar-refractivity contribution in [1.29, 1.82) is 0 Å². The van der Waals surface area contributed by atoms with Gasteiger partial charge in [-0.15, -0.1) is 6.58 Å². The van der Waals surface area contributed by atoms with Crippen molar-refractivity contribution in [3.05, 3.63) is 47.3 Å². The minimum absolute atomic E-state index is 0.0964. The Morgan fingerprint density at radius 2 is 1.67 bits per heavy atom. The predicted molar refractivity (Wildman–Crippen MR) is 112 cm³/mol. The van der Waals surface area contributed by atoms with Crippen LogP contribution in [-0.2, 0) is 23.8 Å². The molecule has 2 atom stereocenters. The average molecular weight is 427 g/mol. The second kappa shape index (κ2) is 10.3. The Balaban J connectivity index is 1.58. The number of rotatable bonds is 7. The SMILES string of the molecule is C=CCCc1ccc(CCC2CCC(C3CCC(C)OC3)CC2)c(C(F)(F)F)c1F. The fourth-order valence-electron chi connectivity index (χ4n) is 5.21. The van der Waals surface area contributed by atoms with E-state index < -0.39 is 17.6 Å². The van der Waals surface area contributed by atoms with Crippen LogP contribution in [0.25, 0.3) is 0 Å². The molecule has 2 unspecified atom stereocenters. The van der Waals surface area contributed by atoms with Crippen LogP contribution < -0.4 is 0 Å². The van der Waals surface area contributed by atoms with Gasteiger partial charge in [-0.3, -0.25) is 0 Å². The first-order valence-corrected chi connectivity index (χ1v) is 11.4. The van der Waals surface area contributed by atoms with Gasteiger partial charge in [0.05, 0.1) is 18.3 Å². The topological polar surface area (TPSA) is 9.23 Å². The van der Waals surface area contributed by atoms with Crippen LogP contribution in [0.3, 0.4) is 0 Å². The molecule has 30 heavy (non-hydrogen) atoms. The van der Waals surface area contributed by atoms with Gasteiger partial charge in [0.15, 0.2) is 0 Å². The molecule has 1 saturated carbocycles. The smallest absolute Gasteiger partial charge is 0.378 e. The Labute approximate surface area is 177 Å². The third-order valence-electron chi connectivity index (χ3n) is 7.13. The summed E-state index contributed by atoms with van der Waals surface area (Å²) >= 11 is 0. The summed E-state index contributed by atoms with van der Waals surface area (Å²) in [7, 11) is 0. The molecule has 2 aliphatic rings. The van der Waals surface area contributed by atoms with Crippen molar-refractivity contribution >= 4 is 0 Å². The van der Waals surface area contributed by atoms with Gasteiger partial charge in [0.2, 0.25) is 0 Å². The van der Waals surface area contributed by atoms with Gasteiger partial charge >= 0.3 is 6.18 Å². The molecule has 1 nitrogen and oxygen atoms in total. The molecular formula is C25H34F4O. The van der Waals surface area contributed by atoms with Crippen LogP contribution in [0.15, 0.2) is 24.8 Å². The highest BCUT2D eigenvalue weighted by atomic mass is 19.4. The third kappa shape index (κ3) is 5.87. The van der Waals surface area contributed by atoms with Gasteiger partial charge < -0.3 is 4.74 Å². The molecule has 5 heteroatoms. The summed E-state index contributed by atoms with van der Waals surface area (Å²) in [5.74, 6) is 0.642. The van der Waals surface area contributed by atoms with E-state index in [-0.39, 0.29) is 24.0 Å². The van der Waals surface area contributed by atoms with Crippen LogP contribution in [-0.4, -0.2) is 12.7 Å². The lowest BCUT2D eigenvalue weighted by Crippen LogP contribution is -2.31. The maximum absolute atomic E-state index is 14.6. The van der Waals surface area contributed by atoms with E-state index in [2.05, 4.69) is 13.5 Å². The standard InChI is InChI=1S/C25H34F4O/c1-3-4-5-21-15-14-20(23(24(21)26)25(27,28)29)13-9-18-7-11-19(12-8-18)22-10-6-17(2)30-16-22/h3,14-15,17-19,22H,1,4-13,16H2,2H3. The molecular weight excluding hydrogens is 392 g/mol. The van der Waals surface area contributed by atoms with Crippen molar-refractivity contribution in [3.63, 3.8) is 0 Å². The number of aryl methyl sites for hydroxylation is 2. The lowest BCUT2D eigenvalue weighted by molar-refractivity contribution is -0.140. The average Bonchev–Trinajstić information content (AvgIpc) is 2.71. The molecule has 168 valence electrons. The van der Waals surface area contributed by atoms with Crippen molar-refractivity contribution in [1.82, 2.24) is 0 Å². The van der Waals surface area contributed by atoms with Crippen molar-refractivity contribution in [2.45, 2.75) is 83.4 Å². The number of hydrogen-bond acceptors (Lipinski definition) is 1. The quantitative estimate of drug-likeness (QED) is 0.324. The normalized spacial score (nSPS) is 27.8. The molecule has 1 saturated heterocycles. The van der Waals surface area contributed by atoms with Gasteiger partial charge in [-0.1, -0.05) is 31.1 Å². The second-order valence-electron chi connectivity index (χ2n) is 9.20. The highest BCUT2D eigenvalue weighted by Gasteiger charge is 2.38. The lowest BCUT2D eigenvalue weighted by atomic mass is 9.72. The molecule has 1 aliphatic carbocycles. The van der Waals surface area contributed by atoms with Gasteiger partial charge in [-0.2, -0.15) is 13.2 Å². The van der Waals surface area contributed by atoms with E-state index in [4.69, 9.17) is 4.74 Å². The zero-order valence-electron chi connectivity index (χ0n) is 17.9. The number of allylic oxidation sites excluding steroid dienone is 1. The first kappa shape index (κ1) is 23.3. The molecule has 0 N–H and O–H groups in total. The van der Waals surface area contributed by atoms with Gasteiger partial charge in [0.25, 0.3) is 0 Å². The van der Waals surface area contributed by atoms with E-state index in [0.29, 0.717) is 36.7 Å². The zero-order valence-corrected chi connectivity index (χ0v) is 17.9. The minimum atomic E-state index is -4.67. The minimum Gasteiger partial charge on any atom is -0.378 e. The van der Waals surface area contributed by atoms with Crippen molar-refractivity contribution < 1.29 is 22.3 Å². The molecule has 0 amide bonds. The van der Waals surface area contributed by atoms with Gasteiger partial charge in [0, 0.05) is 0 Å². The largest absolute Gasteiger partial charge is 0.419 e. The molecule has 1 heterocycles. The summed E-state index contributed by atoms with van der Waals surface area (Å²) in [5, 5.41) is 0. The highest BCUT2D eigenvalue weighted by Crippen LogP contribution is 2.40. The molecule has 3 rings (SSSR count). The van der Waals surface area contributed by atoms with Crippen LogP contribution in [0.5, 0.6) is 0 Å². The summed E-state index contributed by atoms with van der Waals surface area (Å²) in [6, 6.07) is 3.00. The third-order valence-corrected chi connectivity index (χ3v) is 7.13. The summed E-state index contributed by atoms with van der Waals surface area (Å²) in [5.41, 5.74) is -0.846. The van der Waals surface area contributed by atoms with E-state index in [1.165, 1.54) is 18.6 Å². The van der Waals surface area contributed by atoms with E-state index in [1.54, 1.807) is 6.08 Å². The monoisotopic (exact) mass is 426 g/mol. The fourth-order valence-corrected chi connectivity index (χ4v) is 5.21. The maximum atomic E-state index is 14.6. The number of halogens is 4. The second-order valence-corrected chi connectivity index (χ2v) is 9.20. The fraction of sp³-hybridized carbons (Fsp3) is 0.680. The first-order chi connectivity index (χ1) is 14.3. The molecule has 2 fully saturated rings. The molecule has 0 aromatic heterocycles. The Morgan fingerprint density at radius 1 is 1.00 bits per heavy atom. The number of benzene rings is 1. The summed E-state index contributed by atoms with van der Waals surface area (Å²) in [4.78, 5) is 0. The summed E-state index contributed by atoms with van der Waals surface area (Å²) in [6.45, 7) is 6.53. The Morgan fingerprint density at radius 3 is 2.27 bits per heavy atom. The van der Waals surface area contributed by atoms with E-state index in [0.717, 1.165) is 38.7 Å². The number of ether oxygens (including phenoxy) is 1. The van der Waals surface area contributed by atoms with Gasteiger partial charge in [0.1, 0.15) is 5.82 Å². The highest BCUT2D eigenvalue weighted by molar-refractivity contribution is 5.36. The first-order valence-electron chi connectivity index (χ1n) is 11.4. The molecule has 1 aliphatic heterocycles. The number of hydrogen-bond donors (Lipinski definition) is 0. The molecule has 0 spiro atoms. The van der Waals surface area contributed by atoms with Crippen LogP contribution in [0, 0.1) is 23.6 Å². The molecule has 1 aromatic carbocycles. The zero-order chi connectivity index (χ0) is 21.7. The number of alkyl halides is 3. The van der Waals surface area contributed by atoms with Crippen LogP contribution in [0.1, 0.15) is 75.0 Å². The van der Waals surface area contributed by atoms with Crippen molar-refractivity contribution in [2.24, 2.45) is 17.8 Å². The maximum Gasteiger partial charge on any atom is 0.419 e. The Hall–Kier alpha value is -1.36. The van der Waals surface area contributed by atoms with Crippen LogP contribution >= 0.6 is 0 Å². The summed E-state index contributed by atoms with van der Waals surface area (Å²) in [6.07, 6.45) is 5.70. The van der Waals surface area contributed by atoms with Crippen LogP contribution in [0.4, 0.5) is 17.6 Å². The van der Waals surface area contributed by atoms with Crippen LogP contribution in [0.2, 0.25) is 0 Å². The summed E-state index contributed by atoms with van der Waals surface area (Å²) < 4.78 is 61.2. The Kier molecular flexibility index (Phi) is 8.00. The predicted octanol–water partition coefficient (Wildman–Crippen LogP) is 7.52. The van der Waals surface area contributed by atoms with Gasteiger partial charge in [-0.25, -0.2) is 4.39 Å². The van der Waals surface area contributed by atoms with E-state index in [1.807, 2.05) is 0 Å². The Bertz CT molecular complexity index is 696. The van der Waals surface area contributed by atoms with E-state index in [9.17, 15) is 17.6 Å². The van der Waals surface area contributed by atoms with E-state index >= 15 is 0 Å². The lowest BCUT2D eigenvalue weighted by Gasteiger charge is -2.37.